The van der Waals surface area contributed by atoms with Crippen molar-refractivity contribution >= 4 is 24.0 Å². The van der Waals surface area contributed by atoms with Crippen molar-refractivity contribution in [3.63, 3.8) is 0 Å². The lowest BCUT2D eigenvalue weighted by molar-refractivity contribution is 0.273. The maximum absolute atomic E-state index is 16.0. The standard InChI is InChI=1S/C32H38F2NSi/c1-10-35-27-16-28-24(14-23(27)20(4)17-32(35,6)7)29(22-12-11-18(2)13-19(22)3)25-15-26(33)21(5)30(34)31(25)36(28,8)9/h11-16,20H,10,17H2,1-9H3/q+1. The lowest BCUT2D eigenvalue weighted by atomic mass is 9.82. The van der Waals surface area contributed by atoms with Crippen molar-refractivity contribution in [1.29, 1.82) is 0 Å². The van der Waals surface area contributed by atoms with E-state index in [0.29, 0.717) is 5.92 Å². The molecule has 0 amide bonds. The third-order valence-electron chi connectivity index (χ3n) is 8.78. The van der Waals surface area contributed by atoms with Gasteiger partial charge in [-0.1, -0.05) is 43.8 Å². The second kappa shape index (κ2) is 8.21. The normalized spacial score (nSPS) is 19.6. The lowest BCUT2D eigenvalue weighted by Gasteiger charge is -2.36. The highest BCUT2D eigenvalue weighted by Crippen LogP contribution is 2.32. The molecule has 2 heterocycles. The maximum atomic E-state index is 16.0. The molecule has 5 rings (SSSR count). The molecule has 0 aromatic heterocycles. The van der Waals surface area contributed by atoms with Gasteiger partial charge in [0.25, 0.3) is 0 Å². The van der Waals surface area contributed by atoms with Crippen LogP contribution in [0.5, 0.6) is 0 Å². The fraction of sp³-hybridized carbons (Fsp3) is 0.406. The number of hydrogen-bond acceptors (Lipinski definition) is 0. The molecule has 0 N–H and O–H groups in total. The van der Waals surface area contributed by atoms with Gasteiger partial charge in [0.2, 0.25) is 5.36 Å². The second-order valence-electron chi connectivity index (χ2n) is 12.2. The van der Waals surface area contributed by atoms with Gasteiger partial charge in [0.1, 0.15) is 26.3 Å². The van der Waals surface area contributed by atoms with Gasteiger partial charge in [-0.2, -0.15) is 0 Å². The van der Waals surface area contributed by atoms with Crippen molar-refractivity contribution in [3.8, 4) is 0 Å². The van der Waals surface area contributed by atoms with E-state index < -0.39 is 13.9 Å². The quantitative estimate of drug-likeness (QED) is 0.340. The van der Waals surface area contributed by atoms with Gasteiger partial charge >= 0.3 is 0 Å². The molecule has 0 saturated heterocycles. The van der Waals surface area contributed by atoms with Crippen molar-refractivity contribution in [1.82, 2.24) is 4.58 Å². The van der Waals surface area contributed by atoms with Crippen molar-refractivity contribution in [2.45, 2.75) is 79.4 Å². The molecule has 0 fully saturated rings. The Labute approximate surface area is 215 Å². The molecule has 0 bridgehead atoms. The number of fused-ring (bicyclic) bond motifs is 3. The van der Waals surface area contributed by atoms with Gasteiger partial charge in [0.05, 0.1) is 0 Å². The number of rotatable bonds is 2. The van der Waals surface area contributed by atoms with Crippen LogP contribution in [0.3, 0.4) is 0 Å². The van der Waals surface area contributed by atoms with E-state index in [1.807, 2.05) is 0 Å². The number of nitrogens with zero attached hydrogens (tertiary/aromatic N) is 1. The molecule has 0 aliphatic carbocycles. The van der Waals surface area contributed by atoms with Crippen LogP contribution in [0.2, 0.25) is 13.1 Å². The zero-order chi connectivity index (χ0) is 26.3. The van der Waals surface area contributed by atoms with Crippen LogP contribution < -0.4 is 25.5 Å². The fourth-order valence-electron chi connectivity index (χ4n) is 7.04. The van der Waals surface area contributed by atoms with Gasteiger partial charge in [-0.05, 0) is 97.4 Å². The van der Waals surface area contributed by atoms with E-state index >= 15 is 8.78 Å². The van der Waals surface area contributed by atoms with Crippen molar-refractivity contribution in [3.05, 3.63) is 92.0 Å². The topological polar surface area (TPSA) is 3.01 Å². The molecule has 3 aromatic carbocycles. The predicted molar refractivity (Wildman–Crippen MR) is 150 cm³/mol. The van der Waals surface area contributed by atoms with E-state index in [1.165, 1.54) is 21.7 Å². The summed E-state index contributed by atoms with van der Waals surface area (Å²) in [5.41, 5.74) is 6.62. The zero-order valence-electron chi connectivity index (χ0n) is 23.2. The van der Waals surface area contributed by atoms with Gasteiger partial charge in [0.15, 0.2) is 5.54 Å². The Balaban J connectivity index is 2.07. The first-order valence-electron chi connectivity index (χ1n) is 13.2. The van der Waals surface area contributed by atoms with Crippen LogP contribution in [0.1, 0.15) is 73.4 Å². The lowest BCUT2D eigenvalue weighted by Crippen LogP contribution is -2.66. The van der Waals surface area contributed by atoms with E-state index in [0.717, 1.165) is 45.6 Å². The number of aryl methyl sites for hydroxylation is 2. The first-order valence-corrected chi connectivity index (χ1v) is 16.2. The monoisotopic (exact) mass is 502 g/mol. The molecule has 0 saturated carbocycles. The maximum Gasteiger partial charge on any atom is 0.203 e. The van der Waals surface area contributed by atoms with Gasteiger partial charge in [-0.15, -0.1) is 0 Å². The third-order valence-corrected chi connectivity index (χ3v) is 12.3. The molecule has 188 valence electrons. The summed E-state index contributed by atoms with van der Waals surface area (Å²) >= 11 is 0. The summed E-state index contributed by atoms with van der Waals surface area (Å²) in [6.07, 6.45) is 1.07. The molecule has 0 radical (unpaired) electrons. The summed E-state index contributed by atoms with van der Waals surface area (Å²) in [5.74, 6) is -0.429. The van der Waals surface area contributed by atoms with E-state index in [2.05, 4.69) is 89.5 Å². The van der Waals surface area contributed by atoms with E-state index in [1.54, 1.807) is 13.0 Å². The molecule has 1 unspecified atom stereocenters. The first-order chi connectivity index (χ1) is 16.8. The summed E-state index contributed by atoms with van der Waals surface area (Å²) < 4.78 is 33.7. The van der Waals surface area contributed by atoms with Crippen LogP contribution in [0.15, 0.2) is 36.4 Å². The zero-order valence-corrected chi connectivity index (χ0v) is 24.2. The van der Waals surface area contributed by atoms with Gasteiger partial charge in [0, 0.05) is 23.6 Å². The van der Waals surface area contributed by atoms with E-state index in [4.69, 9.17) is 0 Å². The average molecular weight is 503 g/mol. The number of halogens is 2. The fourth-order valence-corrected chi connectivity index (χ4v) is 10.3. The van der Waals surface area contributed by atoms with Crippen LogP contribution >= 0.6 is 0 Å². The summed E-state index contributed by atoms with van der Waals surface area (Å²) in [7, 11) is -2.49. The van der Waals surface area contributed by atoms with Crippen LogP contribution in [-0.4, -0.2) is 20.2 Å². The minimum atomic E-state index is -2.49. The minimum absolute atomic E-state index is 0.0543. The summed E-state index contributed by atoms with van der Waals surface area (Å²) in [4.78, 5) is 0. The van der Waals surface area contributed by atoms with Crippen molar-refractivity contribution in [2.24, 2.45) is 0 Å². The highest BCUT2D eigenvalue weighted by atomic mass is 28.3. The molecule has 36 heavy (non-hydrogen) atoms. The van der Waals surface area contributed by atoms with Crippen LogP contribution in [0, 0.1) is 32.4 Å². The Morgan fingerprint density at radius 3 is 2.33 bits per heavy atom. The van der Waals surface area contributed by atoms with E-state index in [9.17, 15) is 0 Å². The van der Waals surface area contributed by atoms with E-state index in [-0.39, 0.29) is 16.9 Å². The Kier molecular flexibility index (Phi) is 5.72. The van der Waals surface area contributed by atoms with Crippen LogP contribution in [-0.2, 0) is 0 Å². The summed E-state index contributed by atoms with van der Waals surface area (Å²) in [6, 6.07) is 12.8. The molecule has 3 aromatic rings. The third kappa shape index (κ3) is 3.48. The van der Waals surface area contributed by atoms with Crippen LogP contribution in [0.4, 0.5) is 8.78 Å². The molecule has 2 aliphatic heterocycles. The molecule has 4 heteroatoms. The predicted octanol–water partition coefficient (Wildman–Crippen LogP) is 5.07. The molecule has 1 atom stereocenters. The van der Waals surface area contributed by atoms with Gasteiger partial charge in [-0.25, -0.2) is 13.4 Å². The molecule has 2 aliphatic rings. The Morgan fingerprint density at radius 1 is 1.00 bits per heavy atom. The summed E-state index contributed by atoms with van der Waals surface area (Å²) in [6.45, 7) is 20.3. The van der Waals surface area contributed by atoms with Gasteiger partial charge < -0.3 is 0 Å². The molecule has 0 spiro atoms. The molecular formula is C32H38F2NSi+. The summed E-state index contributed by atoms with van der Waals surface area (Å²) in [5, 5.41) is 4.42. The SMILES string of the molecule is CC[N+]1=c2cc3c(cc2C(C)CC1(C)C)=C(c1ccc(C)cc1C)c1cc(F)c(C)c(F)c1[Si]3(C)C. The Morgan fingerprint density at radius 2 is 1.69 bits per heavy atom. The number of benzene rings is 3. The second-order valence-corrected chi connectivity index (χ2v) is 16.4. The smallest absolute Gasteiger partial charge is 0.203 e. The van der Waals surface area contributed by atoms with Crippen molar-refractivity contribution in [2.75, 3.05) is 6.54 Å². The minimum Gasteiger partial charge on any atom is -0.225 e. The Bertz CT molecular complexity index is 1560. The van der Waals surface area contributed by atoms with Crippen molar-refractivity contribution < 1.29 is 8.78 Å². The van der Waals surface area contributed by atoms with Crippen LogP contribution in [0.25, 0.3) is 5.57 Å². The molecular weight excluding hydrogens is 464 g/mol. The average Bonchev–Trinajstić information content (AvgIpc) is 2.77. The van der Waals surface area contributed by atoms with Gasteiger partial charge in [-0.3, -0.25) is 0 Å². The molecule has 1 nitrogen and oxygen atoms in total. The largest absolute Gasteiger partial charge is 0.225 e. The highest BCUT2D eigenvalue weighted by Gasteiger charge is 2.43. The Hall–Kier alpha value is -2.59. The highest BCUT2D eigenvalue weighted by molar-refractivity contribution is 7.01. The number of hydrogen-bond donors (Lipinski definition) is 0. The first kappa shape index (κ1) is 25.1.